The van der Waals surface area contributed by atoms with Crippen molar-refractivity contribution in [1.82, 2.24) is 4.90 Å². The lowest BCUT2D eigenvalue weighted by molar-refractivity contribution is 0.300. The van der Waals surface area contributed by atoms with E-state index in [0.717, 1.165) is 17.9 Å². The Balaban J connectivity index is 2.54. The second kappa shape index (κ2) is 2.30. The van der Waals surface area contributed by atoms with Crippen molar-refractivity contribution in [1.29, 1.82) is 0 Å². The molecule has 54 valence electrons. The van der Waals surface area contributed by atoms with Crippen LogP contribution in [0, 0.1) is 11.8 Å². The van der Waals surface area contributed by atoms with Gasteiger partial charge in [-0.25, -0.2) is 0 Å². The Bertz CT molecular complexity index is 88.7. The molecule has 0 radical (unpaired) electrons. The van der Waals surface area contributed by atoms with Crippen LogP contribution in [0.1, 0.15) is 20.8 Å². The molecule has 0 bridgehead atoms. The Labute approximate surface area is 58.0 Å². The highest BCUT2D eigenvalue weighted by Crippen LogP contribution is 2.26. The Morgan fingerprint density at radius 3 is 1.89 bits per heavy atom. The van der Waals surface area contributed by atoms with Crippen molar-refractivity contribution in [2.75, 3.05) is 13.6 Å². The lowest BCUT2D eigenvalue weighted by Gasteiger charge is -2.16. The summed E-state index contributed by atoms with van der Waals surface area (Å²) < 4.78 is 0. The maximum Gasteiger partial charge on any atom is 0.00926 e. The van der Waals surface area contributed by atoms with E-state index in [9.17, 15) is 0 Å². The zero-order valence-corrected chi connectivity index (χ0v) is 6.89. The summed E-state index contributed by atoms with van der Waals surface area (Å²) in [6, 6.07) is 0.792. The van der Waals surface area contributed by atoms with Crippen molar-refractivity contribution in [2.24, 2.45) is 11.8 Å². The first-order chi connectivity index (χ1) is 4.13. The summed E-state index contributed by atoms with van der Waals surface area (Å²) in [6.45, 7) is 8.28. The summed E-state index contributed by atoms with van der Waals surface area (Å²) in [4.78, 5) is 2.44. The van der Waals surface area contributed by atoms with Crippen molar-refractivity contribution in [3.63, 3.8) is 0 Å². The van der Waals surface area contributed by atoms with Gasteiger partial charge in [0.05, 0.1) is 0 Å². The van der Waals surface area contributed by atoms with Crippen LogP contribution in [0.3, 0.4) is 0 Å². The van der Waals surface area contributed by atoms with E-state index >= 15 is 0 Å². The normalized spacial score (nSPS) is 46.0. The zero-order valence-electron chi connectivity index (χ0n) is 6.89. The van der Waals surface area contributed by atoms with Crippen LogP contribution < -0.4 is 0 Å². The maximum absolute atomic E-state index is 2.44. The molecule has 1 heteroatoms. The van der Waals surface area contributed by atoms with Gasteiger partial charge in [0, 0.05) is 12.6 Å². The van der Waals surface area contributed by atoms with Gasteiger partial charge in [-0.15, -0.1) is 0 Å². The van der Waals surface area contributed by atoms with E-state index in [1.165, 1.54) is 6.54 Å². The van der Waals surface area contributed by atoms with Crippen LogP contribution in [0.2, 0.25) is 0 Å². The van der Waals surface area contributed by atoms with Gasteiger partial charge >= 0.3 is 0 Å². The molecule has 2 unspecified atom stereocenters. The van der Waals surface area contributed by atoms with E-state index in [0.29, 0.717) is 0 Å². The second-order valence-electron chi connectivity index (χ2n) is 3.52. The zero-order chi connectivity index (χ0) is 7.02. The number of rotatable bonds is 0. The van der Waals surface area contributed by atoms with E-state index in [-0.39, 0.29) is 0 Å². The lowest BCUT2D eigenvalue weighted by Crippen LogP contribution is -2.24. The first kappa shape index (κ1) is 7.07. The summed E-state index contributed by atoms with van der Waals surface area (Å²) in [5.74, 6) is 1.78. The average molecular weight is 127 g/mol. The monoisotopic (exact) mass is 127 g/mol. The molecular formula is C8H17N. The number of hydrogen-bond acceptors (Lipinski definition) is 1. The van der Waals surface area contributed by atoms with Crippen LogP contribution >= 0.6 is 0 Å². The van der Waals surface area contributed by atoms with Gasteiger partial charge in [0.15, 0.2) is 0 Å². The molecule has 1 aliphatic rings. The molecule has 0 N–H and O–H groups in total. The molecule has 0 aromatic heterocycles. The molecule has 1 nitrogen and oxygen atoms in total. The van der Waals surface area contributed by atoms with Crippen LogP contribution in [0.4, 0.5) is 0 Å². The highest BCUT2D eigenvalue weighted by molar-refractivity contribution is 4.83. The number of likely N-dealkylation sites (tertiary alicyclic amines) is 1. The lowest BCUT2D eigenvalue weighted by atomic mass is 9.95. The minimum Gasteiger partial charge on any atom is -0.303 e. The third kappa shape index (κ3) is 1.11. The molecule has 1 rings (SSSR count). The number of hydrogen-bond donors (Lipinski definition) is 0. The molecule has 1 fully saturated rings. The third-order valence-corrected chi connectivity index (χ3v) is 2.93. The molecule has 9 heavy (non-hydrogen) atoms. The molecule has 0 aromatic rings. The average Bonchev–Trinajstić information content (AvgIpc) is 1.98. The predicted octanol–water partition coefficient (Wildman–Crippen LogP) is 1.59. The SMILES string of the molecule is CC1C(C)N(C)C[C@H]1C. The molecule has 0 aliphatic carbocycles. The van der Waals surface area contributed by atoms with E-state index in [4.69, 9.17) is 0 Å². The van der Waals surface area contributed by atoms with Crippen LogP contribution in [-0.4, -0.2) is 24.5 Å². The van der Waals surface area contributed by atoms with Crippen LogP contribution in [0.5, 0.6) is 0 Å². The first-order valence-electron chi connectivity index (χ1n) is 3.83. The highest BCUT2D eigenvalue weighted by Gasteiger charge is 2.30. The maximum atomic E-state index is 2.44. The van der Waals surface area contributed by atoms with Gasteiger partial charge in [0.1, 0.15) is 0 Å². The largest absolute Gasteiger partial charge is 0.303 e. The first-order valence-corrected chi connectivity index (χ1v) is 3.83. The molecule has 1 saturated heterocycles. The number of nitrogens with zero attached hydrogens (tertiary/aromatic N) is 1. The molecule has 1 aliphatic heterocycles. The van der Waals surface area contributed by atoms with Crippen LogP contribution in [0.15, 0.2) is 0 Å². The third-order valence-electron chi connectivity index (χ3n) is 2.93. The van der Waals surface area contributed by atoms with E-state index < -0.39 is 0 Å². The quantitative estimate of drug-likeness (QED) is 0.477. The van der Waals surface area contributed by atoms with Gasteiger partial charge in [-0.3, -0.25) is 0 Å². The molecule has 0 spiro atoms. The molecule has 0 aromatic carbocycles. The fourth-order valence-electron chi connectivity index (χ4n) is 1.66. The Kier molecular flexibility index (Phi) is 1.80. The topological polar surface area (TPSA) is 3.24 Å². The fraction of sp³-hybridized carbons (Fsp3) is 1.00. The van der Waals surface area contributed by atoms with E-state index in [2.05, 4.69) is 32.7 Å². The molecule has 0 amide bonds. The minimum absolute atomic E-state index is 0.792. The Morgan fingerprint density at radius 2 is 1.78 bits per heavy atom. The van der Waals surface area contributed by atoms with E-state index in [1.54, 1.807) is 0 Å². The second-order valence-corrected chi connectivity index (χ2v) is 3.52. The summed E-state index contributed by atoms with van der Waals surface area (Å²) in [6.07, 6.45) is 0. The van der Waals surface area contributed by atoms with Crippen LogP contribution in [0.25, 0.3) is 0 Å². The fourth-order valence-corrected chi connectivity index (χ4v) is 1.66. The van der Waals surface area contributed by atoms with Crippen molar-refractivity contribution in [2.45, 2.75) is 26.8 Å². The summed E-state index contributed by atoms with van der Waals surface area (Å²) in [7, 11) is 2.21. The van der Waals surface area contributed by atoms with Crippen LogP contribution in [-0.2, 0) is 0 Å². The predicted molar refractivity (Wildman–Crippen MR) is 40.4 cm³/mol. The molecular weight excluding hydrogens is 110 g/mol. The van der Waals surface area contributed by atoms with Gasteiger partial charge in [-0.2, -0.15) is 0 Å². The van der Waals surface area contributed by atoms with Gasteiger partial charge in [-0.05, 0) is 25.8 Å². The van der Waals surface area contributed by atoms with E-state index in [1.807, 2.05) is 0 Å². The molecule has 1 heterocycles. The minimum atomic E-state index is 0.792. The summed E-state index contributed by atoms with van der Waals surface area (Å²) in [5.41, 5.74) is 0. The summed E-state index contributed by atoms with van der Waals surface area (Å²) in [5, 5.41) is 0. The van der Waals surface area contributed by atoms with Gasteiger partial charge in [0.2, 0.25) is 0 Å². The smallest absolute Gasteiger partial charge is 0.00926 e. The Morgan fingerprint density at radius 1 is 1.22 bits per heavy atom. The van der Waals surface area contributed by atoms with Crippen molar-refractivity contribution < 1.29 is 0 Å². The highest BCUT2D eigenvalue weighted by atomic mass is 15.2. The van der Waals surface area contributed by atoms with Crippen molar-refractivity contribution >= 4 is 0 Å². The van der Waals surface area contributed by atoms with Crippen molar-refractivity contribution in [3.05, 3.63) is 0 Å². The van der Waals surface area contributed by atoms with Gasteiger partial charge in [0.25, 0.3) is 0 Å². The Hall–Kier alpha value is -0.0400. The van der Waals surface area contributed by atoms with Crippen molar-refractivity contribution in [3.8, 4) is 0 Å². The van der Waals surface area contributed by atoms with Gasteiger partial charge < -0.3 is 4.90 Å². The molecule has 3 atom stereocenters. The van der Waals surface area contributed by atoms with Gasteiger partial charge in [-0.1, -0.05) is 13.8 Å². The summed E-state index contributed by atoms with van der Waals surface area (Å²) >= 11 is 0. The molecule has 0 saturated carbocycles. The standard InChI is InChI=1S/C8H17N/c1-6-5-9(4)8(3)7(6)2/h6-8H,5H2,1-4H3/t6-,7?,8?/m1/s1.